The highest BCUT2D eigenvalue weighted by Gasteiger charge is 2.24. The van der Waals surface area contributed by atoms with Crippen molar-refractivity contribution in [2.75, 3.05) is 11.1 Å². The number of rotatable bonds is 8. The van der Waals surface area contributed by atoms with E-state index in [9.17, 15) is 4.79 Å². The first-order chi connectivity index (χ1) is 16.0. The lowest BCUT2D eigenvalue weighted by Gasteiger charge is -2.25. The molecule has 4 rings (SSSR count). The SMILES string of the molecule is Cc1cc(OCc2nnc(SCC(=O)Nc3ccccc3C)n2C2CCCCC2)ccc1Cl. The van der Waals surface area contributed by atoms with Crippen LogP contribution in [0.4, 0.5) is 5.69 Å². The summed E-state index contributed by atoms with van der Waals surface area (Å²) < 4.78 is 8.21. The second kappa shape index (κ2) is 11.1. The molecule has 0 unspecified atom stereocenters. The number of hydrogen-bond acceptors (Lipinski definition) is 5. The normalized spacial score (nSPS) is 14.3. The number of benzene rings is 2. The van der Waals surface area contributed by atoms with Crippen LogP contribution in [0.1, 0.15) is 55.1 Å². The molecule has 0 bridgehead atoms. The van der Waals surface area contributed by atoms with E-state index in [0.717, 1.165) is 51.4 Å². The second-order valence-corrected chi connectivity index (χ2v) is 9.76. The maximum atomic E-state index is 12.6. The zero-order chi connectivity index (χ0) is 23.2. The van der Waals surface area contributed by atoms with Gasteiger partial charge in [-0.05, 0) is 62.1 Å². The molecule has 1 aliphatic carbocycles. The summed E-state index contributed by atoms with van der Waals surface area (Å²) in [5.74, 6) is 1.76. The van der Waals surface area contributed by atoms with Gasteiger partial charge in [0.25, 0.3) is 0 Å². The Hall–Kier alpha value is -2.51. The second-order valence-electron chi connectivity index (χ2n) is 8.41. The molecule has 1 N–H and O–H groups in total. The number of amides is 1. The zero-order valence-electron chi connectivity index (χ0n) is 19.0. The van der Waals surface area contributed by atoms with E-state index >= 15 is 0 Å². The van der Waals surface area contributed by atoms with Gasteiger partial charge in [0, 0.05) is 16.8 Å². The van der Waals surface area contributed by atoms with Crippen molar-refractivity contribution >= 4 is 35.0 Å². The van der Waals surface area contributed by atoms with Crippen molar-refractivity contribution in [3.8, 4) is 5.75 Å². The van der Waals surface area contributed by atoms with Crippen LogP contribution in [-0.4, -0.2) is 26.4 Å². The first-order valence-electron chi connectivity index (χ1n) is 11.3. The van der Waals surface area contributed by atoms with Gasteiger partial charge >= 0.3 is 0 Å². The predicted molar refractivity (Wildman–Crippen MR) is 133 cm³/mol. The van der Waals surface area contributed by atoms with Crippen LogP contribution in [0, 0.1) is 13.8 Å². The van der Waals surface area contributed by atoms with Crippen LogP contribution in [0.15, 0.2) is 47.6 Å². The molecule has 6 nitrogen and oxygen atoms in total. The lowest BCUT2D eigenvalue weighted by Crippen LogP contribution is -2.19. The standard InChI is InChI=1S/C25H29ClN4O2S/c1-17-8-6-7-11-22(17)27-24(31)16-33-25-29-28-23(30(25)19-9-4-3-5-10-19)15-32-20-12-13-21(26)18(2)14-20/h6-8,11-14,19H,3-5,9-10,15-16H2,1-2H3,(H,27,31). The number of halogens is 1. The fourth-order valence-corrected chi connectivity index (χ4v) is 5.04. The van der Waals surface area contributed by atoms with Gasteiger partial charge in [-0.2, -0.15) is 0 Å². The molecule has 1 fully saturated rings. The summed E-state index contributed by atoms with van der Waals surface area (Å²) in [5, 5.41) is 13.3. The van der Waals surface area contributed by atoms with Gasteiger partial charge in [0.15, 0.2) is 11.0 Å². The van der Waals surface area contributed by atoms with Crippen LogP contribution >= 0.6 is 23.4 Å². The third-order valence-electron chi connectivity index (χ3n) is 5.92. The monoisotopic (exact) mass is 484 g/mol. The van der Waals surface area contributed by atoms with Crippen molar-refractivity contribution in [3.63, 3.8) is 0 Å². The van der Waals surface area contributed by atoms with Crippen LogP contribution in [0.3, 0.4) is 0 Å². The molecule has 1 amide bonds. The smallest absolute Gasteiger partial charge is 0.234 e. The van der Waals surface area contributed by atoms with Gasteiger partial charge in [0.2, 0.25) is 5.91 Å². The molecule has 1 saturated carbocycles. The number of carbonyl (C=O) groups is 1. The molecule has 0 atom stereocenters. The summed E-state index contributed by atoms with van der Waals surface area (Å²) in [5.41, 5.74) is 2.85. The number of aryl methyl sites for hydroxylation is 2. The maximum absolute atomic E-state index is 12.6. The van der Waals surface area contributed by atoms with Gasteiger partial charge in [0.1, 0.15) is 12.4 Å². The van der Waals surface area contributed by atoms with Crippen molar-refractivity contribution < 1.29 is 9.53 Å². The molecule has 0 saturated heterocycles. The van der Waals surface area contributed by atoms with E-state index in [4.69, 9.17) is 16.3 Å². The van der Waals surface area contributed by atoms with E-state index in [1.807, 2.05) is 56.3 Å². The average Bonchev–Trinajstić information content (AvgIpc) is 3.23. The predicted octanol–water partition coefficient (Wildman–Crippen LogP) is 6.36. The highest BCUT2D eigenvalue weighted by molar-refractivity contribution is 7.99. The number of ether oxygens (including phenoxy) is 1. The van der Waals surface area contributed by atoms with Gasteiger partial charge in [-0.1, -0.05) is 60.8 Å². The molecule has 1 aliphatic rings. The minimum absolute atomic E-state index is 0.0538. The minimum atomic E-state index is -0.0538. The maximum Gasteiger partial charge on any atom is 0.234 e. The Morgan fingerprint density at radius 3 is 2.67 bits per heavy atom. The summed E-state index contributed by atoms with van der Waals surface area (Å²) in [6.07, 6.45) is 5.83. The third-order valence-corrected chi connectivity index (χ3v) is 7.29. The number of nitrogens with zero attached hydrogens (tertiary/aromatic N) is 3. The molecular weight excluding hydrogens is 456 g/mol. The van der Waals surface area contributed by atoms with Crippen LogP contribution < -0.4 is 10.1 Å². The minimum Gasteiger partial charge on any atom is -0.486 e. The highest BCUT2D eigenvalue weighted by Crippen LogP contribution is 2.33. The Balaban J connectivity index is 1.46. The van der Waals surface area contributed by atoms with Crippen molar-refractivity contribution in [2.45, 2.75) is 63.8 Å². The van der Waals surface area contributed by atoms with E-state index in [2.05, 4.69) is 20.1 Å². The number of carbonyl (C=O) groups excluding carboxylic acids is 1. The van der Waals surface area contributed by atoms with Crippen LogP contribution in [0.25, 0.3) is 0 Å². The van der Waals surface area contributed by atoms with Gasteiger partial charge in [0.05, 0.1) is 5.75 Å². The van der Waals surface area contributed by atoms with Gasteiger partial charge in [-0.25, -0.2) is 0 Å². The molecule has 1 heterocycles. The average molecular weight is 485 g/mol. The number of thioether (sulfide) groups is 1. The Morgan fingerprint density at radius 2 is 1.91 bits per heavy atom. The summed E-state index contributed by atoms with van der Waals surface area (Å²) >= 11 is 7.56. The lowest BCUT2D eigenvalue weighted by molar-refractivity contribution is -0.113. The van der Waals surface area contributed by atoms with E-state index in [1.54, 1.807) is 0 Å². The van der Waals surface area contributed by atoms with Gasteiger partial charge in [-0.15, -0.1) is 10.2 Å². The fourth-order valence-electron chi connectivity index (χ4n) is 4.09. The first-order valence-corrected chi connectivity index (χ1v) is 12.7. The van der Waals surface area contributed by atoms with Crippen molar-refractivity contribution in [1.29, 1.82) is 0 Å². The van der Waals surface area contributed by atoms with E-state index in [1.165, 1.54) is 31.0 Å². The topological polar surface area (TPSA) is 69.0 Å². The fraction of sp³-hybridized carbons (Fsp3) is 0.400. The Morgan fingerprint density at radius 1 is 1.12 bits per heavy atom. The lowest BCUT2D eigenvalue weighted by atomic mass is 9.95. The molecule has 0 radical (unpaired) electrons. The third kappa shape index (κ3) is 6.09. The quantitative estimate of drug-likeness (QED) is 0.376. The molecule has 3 aromatic rings. The van der Waals surface area contributed by atoms with Crippen molar-refractivity contribution in [2.24, 2.45) is 0 Å². The van der Waals surface area contributed by atoms with Crippen molar-refractivity contribution in [3.05, 3.63) is 64.4 Å². The molecular formula is C25H29ClN4O2S. The highest BCUT2D eigenvalue weighted by atomic mass is 35.5. The molecule has 8 heteroatoms. The van der Waals surface area contributed by atoms with Gasteiger partial charge < -0.3 is 10.1 Å². The van der Waals surface area contributed by atoms with E-state index < -0.39 is 0 Å². The Labute approximate surface area is 204 Å². The Kier molecular flexibility index (Phi) is 7.93. The molecule has 0 aliphatic heterocycles. The first kappa shape index (κ1) is 23.6. The number of anilines is 1. The van der Waals surface area contributed by atoms with Crippen LogP contribution in [0.2, 0.25) is 5.02 Å². The van der Waals surface area contributed by atoms with Gasteiger partial charge in [-0.3, -0.25) is 9.36 Å². The number of nitrogens with one attached hydrogen (secondary N) is 1. The zero-order valence-corrected chi connectivity index (χ0v) is 20.6. The Bertz CT molecular complexity index is 1110. The molecule has 174 valence electrons. The van der Waals surface area contributed by atoms with E-state index in [-0.39, 0.29) is 11.7 Å². The van der Waals surface area contributed by atoms with Crippen LogP contribution in [-0.2, 0) is 11.4 Å². The molecule has 1 aromatic heterocycles. The summed E-state index contributed by atoms with van der Waals surface area (Å²) in [4.78, 5) is 12.6. The van der Waals surface area contributed by atoms with E-state index in [0.29, 0.717) is 12.6 Å². The molecule has 0 spiro atoms. The summed E-state index contributed by atoms with van der Waals surface area (Å²) in [7, 11) is 0. The number of para-hydroxylation sites is 1. The number of aromatic nitrogens is 3. The molecule has 33 heavy (non-hydrogen) atoms. The summed E-state index contributed by atoms with van der Waals surface area (Å²) in [6, 6.07) is 13.7. The summed E-state index contributed by atoms with van der Waals surface area (Å²) in [6.45, 7) is 4.26. The largest absolute Gasteiger partial charge is 0.486 e. The molecule has 2 aromatic carbocycles. The van der Waals surface area contributed by atoms with Crippen LogP contribution in [0.5, 0.6) is 5.75 Å². The number of hydrogen-bond donors (Lipinski definition) is 1. The van der Waals surface area contributed by atoms with Crippen molar-refractivity contribution in [1.82, 2.24) is 14.8 Å².